The standard InChI is InChI=1S/C14H15BrN2/c1-17-7-6-14-12(9-17)11(8-15)10-4-2-3-5-13(10)16-14/h2-5H,6-9H2,1H3. The summed E-state index contributed by atoms with van der Waals surface area (Å²) < 4.78 is 0. The van der Waals surface area contributed by atoms with E-state index in [-0.39, 0.29) is 0 Å². The van der Waals surface area contributed by atoms with E-state index in [0.717, 1.165) is 30.4 Å². The second-order valence-electron chi connectivity index (χ2n) is 4.65. The van der Waals surface area contributed by atoms with E-state index in [1.165, 1.54) is 22.2 Å². The minimum absolute atomic E-state index is 0.909. The highest BCUT2D eigenvalue weighted by Gasteiger charge is 2.19. The summed E-state index contributed by atoms with van der Waals surface area (Å²) in [5.74, 6) is 0. The Balaban J connectivity index is 2.30. The lowest BCUT2D eigenvalue weighted by Gasteiger charge is -2.26. The van der Waals surface area contributed by atoms with Crippen molar-refractivity contribution in [3.63, 3.8) is 0 Å². The Hall–Kier alpha value is -0.930. The third-order valence-corrected chi connectivity index (χ3v) is 4.05. The van der Waals surface area contributed by atoms with Crippen LogP contribution in [0.2, 0.25) is 0 Å². The Morgan fingerprint density at radius 1 is 1.35 bits per heavy atom. The molecule has 2 aromatic rings. The second-order valence-corrected chi connectivity index (χ2v) is 5.21. The number of fused-ring (bicyclic) bond motifs is 2. The zero-order valence-corrected chi connectivity index (χ0v) is 11.5. The zero-order chi connectivity index (χ0) is 11.8. The van der Waals surface area contributed by atoms with Gasteiger partial charge in [-0.05, 0) is 24.2 Å². The molecule has 17 heavy (non-hydrogen) atoms. The van der Waals surface area contributed by atoms with Crippen molar-refractivity contribution in [2.45, 2.75) is 18.3 Å². The van der Waals surface area contributed by atoms with Gasteiger partial charge in [-0.25, -0.2) is 0 Å². The van der Waals surface area contributed by atoms with Crippen LogP contribution >= 0.6 is 15.9 Å². The van der Waals surface area contributed by atoms with Crippen molar-refractivity contribution in [2.75, 3.05) is 13.6 Å². The van der Waals surface area contributed by atoms with Crippen LogP contribution in [0, 0.1) is 0 Å². The molecule has 1 aliphatic rings. The Morgan fingerprint density at radius 2 is 2.18 bits per heavy atom. The normalized spacial score (nSPS) is 16.1. The molecule has 3 rings (SSSR count). The van der Waals surface area contributed by atoms with E-state index in [0.29, 0.717) is 0 Å². The van der Waals surface area contributed by atoms with E-state index in [1.54, 1.807) is 0 Å². The molecule has 0 saturated carbocycles. The number of aromatic nitrogens is 1. The highest BCUT2D eigenvalue weighted by molar-refractivity contribution is 9.08. The van der Waals surface area contributed by atoms with Gasteiger partial charge in [0.2, 0.25) is 0 Å². The Labute approximate surface area is 110 Å². The number of halogens is 1. The molecule has 88 valence electrons. The third kappa shape index (κ3) is 1.87. The third-order valence-electron chi connectivity index (χ3n) is 3.49. The molecular weight excluding hydrogens is 276 g/mol. The molecule has 0 radical (unpaired) electrons. The van der Waals surface area contributed by atoms with Crippen LogP contribution in [0.4, 0.5) is 0 Å². The molecule has 2 nitrogen and oxygen atoms in total. The van der Waals surface area contributed by atoms with Crippen LogP contribution in [-0.4, -0.2) is 23.5 Å². The molecule has 0 unspecified atom stereocenters. The van der Waals surface area contributed by atoms with Crippen LogP contribution in [0.5, 0.6) is 0 Å². The average molecular weight is 291 g/mol. The van der Waals surface area contributed by atoms with Gasteiger partial charge in [0.05, 0.1) is 5.52 Å². The zero-order valence-electron chi connectivity index (χ0n) is 9.91. The molecule has 1 aromatic heterocycles. The Kier molecular flexibility index (Phi) is 2.89. The fourth-order valence-corrected chi connectivity index (χ4v) is 3.21. The minimum atomic E-state index is 0.909. The van der Waals surface area contributed by atoms with E-state index >= 15 is 0 Å². The van der Waals surface area contributed by atoms with Crippen molar-refractivity contribution in [1.29, 1.82) is 0 Å². The molecule has 0 bridgehead atoms. The van der Waals surface area contributed by atoms with Crippen LogP contribution in [0.15, 0.2) is 24.3 Å². The second kappa shape index (κ2) is 4.39. The first-order valence-electron chi connectivity index (χ1n) is 5.93. The first-order chi connectivity index (χ1) is 8.29. The summed E-state index contributed by atoms with van der Waals surface area (Å²) in [5, 5.41) is 2.20. The van der Waals surface area contributed by atoms with Crippen molar-refractivity contribution in [3.8, 4) is 0 Å². The fourth-order valence-electron chi connectivity index (χ4n) is 2.57. The monoisotopic (exact) mass is 290 g/mol. The molecular formula is C14H15BrN2. The van der Waals surface area contributed by atoms with Crippen LogP contribution in [0.1, 0.15) is 16.8 Å². The molecule has 0 saturated heterocycles. The number of para-hydroxylation sites is 1. The largest absolute Gasteiger partial charge is 0.302 e. The van der Waals surface area contributed by atoms with Gasteiger partial charge in [-0.3, -0.25) is 4.98 Å². The topological polar surface area (TPSA) is 16.1 Å². The molecule has 0 aliphatic carbocycles. The minimum Gasteiger partial charge on any atom is -0.302 e. The maximum absolute atomic E-state index is 4.81. The van der Waals surface area contributed by atoms with E-state index < -0.39 is 0 Å². The van der Waals surface area contributed by atoms with Gasteiger partial charge in [0.15, 0.2) is 0 Å². The lowest BCUT2D eigenvalue weighted by atomic mass is 9.97. The van der Waals surface area contributed by atoms with Crippen LogP contribution in [0.3, 0.4) is 0 Å². The van der Waals surface area contributed by atoms with Crippen molar-refractivity contribution in [2.24, 2.45) is 0 Å². The van der Waals surface area contributed by atoms with E-state index in [1.807, 2.05) is 0 Å². The van der Waals surface area contributed by atoms with Crippen LogP contribution < -0.4 is 0 Å². The lowest BCUT2D eigenvalue weighted by molar-refractivity contribution is 0.309. The summed E-state index contributed by atoms with van der Waals surface area (Å²) in [6.45, 7) is 2.13. The smallest absolute Gasteiger partial charge is 0.0708 e. The van der Waals surface area contributed by atoms with Crippen molar-refractivity contribution < 1.29 is 0 Å². The van der Waals surface area contributed by atoms with Gasteiger partial charge in [0.1, 0.15) is 0 Å². The van der Waals surface area contributed by atoms with Gasteiger partial charge in [0, 0.05) is 35.9 Å². The van der Waals surface area contributed by atoms with Gasteiger partial charge >= 0.3 is 0 Å². The highest BCUT2D eigenvalue weighted by atomic mass is 79.9. The summed E-state index contributed by atoms with van der Waals surface area (Å²) in [6, 6.07) is 8.44. The molecule has 1 aliphatic heterocycles. The van der Waals surface area contributed by atoms with E-state index in [2.05, 4.69) is 52.1 Å². The summed E-state index contributed by atoms with van der Waals surface area (Å²) in [4.78, 5) is 7.18. The summed E-state index contributed by atoms with van der Waals surface area (Å²) in [6.07, 6.45) is 1.07. The van der Waals surface area contributed by atoms with Crippen molar-refractivity contribution in [1.82, 2.24) is 9.88 Å². The van der Waals surface area contributed by atoms with Gasteiger partial charge in [0.25, 0.3) is 0 Å². The van der Waals surface area contributed by atoms with E-state index in [9.17, 15) is 0 Å². The maximum atomic E-state index is 4.81. The van der Waals surface area contributed by atoms with Crippen LogP contribution in [0.25, 0.3) is 10.9 Å². The first kappa shape index (κ1) is 11.2. The molecule has 0 fully saturated rings. The number of hydrogen-bond acceptors (Lipinski definition) is 2. The SMILES string of the molecule is CN1CCc2nc3ccccc3c(CBr)c2C1. The quantitative estimate of drug-likeness (QED) is 0.750. The first-order valence-corrected chi connectivity index (χ1v) is 7.05. The molecule has 2 heterocycles. The molecule has 0 spiro atoms. The Bertz CT molecular complexity index is 565. The van der Waals surface area contributed by atoms with Gasteiger partial charge in [-0.2, -0.15) is 0 Å². The summed E-state index contributed by atoms with van der Waals surface area (Å²) >= 11 is 3.63. The Morgan fingerprint density at radius 3 is 3.00 bits per heavy atom. The summed E-state index contributed by atoms with van der Waals surface area (Å²) in [7, 11) is 2.18. The lowest BCUT2D eigenvalue weighted by Crippen LogP contribution is -2.28. The molecule has 1 aromatic carbocycles. The maximum Gasteiger partial charge on any atom is 0.0708 e. The number of hydrogen-bond donors (Lipinski definition) is 0. The molecule has 0 atom stereocenters. The van der Waals surface area contributed by atoms with Crippen molar-refractivity contribution in [3.05, 3.63) is 41.1 Å². The van der Waals surface area contributed by atoms with Crippen molar-refractivity contribution >= 4 is 26.8 Å². The predicted octanol–water partition coefficient (Wildman–Crippen LogP) is 3.12. The summed E-state index contributed by atoms with van der Waals surface area (Å²) in [5.41, 5.74) is 5.26. The van der Waals surface area contributed by atoms with Gasteiger partial charge < -0.3 is 4.90 Å². The highest BCUT2D eigenvalue weighted by Crippen LogP contribution is 2.28. The number of alkyl halides is 1. The number of nitrogens with zero attached hydrogens (tertiary/aromatic N) is 2. The molecule has 0 amide bonds. The molecule has 3 heteroatoms. The number of likely N-dealkylation sites (N-methyl/N-ethyl adjacent to an activating group) is 1. The number of benzene rings is 1. The predicted molar refractivity (Wildman–Crippen MR) is 74.4 cm³/mol. The van der Waals surface area contributed by atoms with Gasteiger partial charge in [-0.15, -0.1) is 0 Å². The number of rotatable bonds is 1. The van der Waals surface area contributed by atoms with Gasteiger partial charge in [-0.1, -0.05) is 34.1 Å². The number of pyridine rings is 1. The molecule has 0 N–H and O–H groups in total. The fraction of sp³-hybridized carbons (Fsp3) is 0.357. The van der Waals surface area contributed by atoms with E-state index in [4.69, 9.17) is 4.98 Å². The van der Waals surface area contributed by atoms with Crippen LogP contribution in [-0.2, 0) is 18.3 Å². The average Bonchev–Trinajstić information content (AvgIpc) is 2.36.